The van der Waals surface area contributed by atoms with Gasteiger partial charge < -0.3 is 5.32 Å². The molecule has 0 aliphatic heterocycles. The van der Waals surface area contributed by atoms with E-state index in [1.165, 1.54) is 37.8 Å². The van der Waals surface area contributed by atoms with E-state index in [0.29, 0.717) is 12.5 Å². The van der Waals surface area contributed by atoms with E-state index in [4.69, 9.17) is 0 Å². The van der Waals surface area contributed by atoms with Crippen LogP contribution in [0.3, 0.4) is 0 Å². The topological polar surface area (TPSA) is 12.0 Å². The standard InChI is InChI=1S/C16H22F3N/c1-12-5-4-6-13(11-12)9-10-20-15-8-3-2-7-14(15)16(17,18)19/h2-3,7-8,12-13,20H,4-6,9-11H2,1H3. The third-order valence-electron chi connectivity index (χ3n) is 4.15. The SMILES string of the molecule is CC1CCCC(CCNc2ccccc2C(F)(F)F)C1. The molecule has 20 heavy (non-hydrogen) atoms. The highest BCUT2D eigenvalue weighted by Crippen LogP contribution is 2.35. The second-order valence-corrected chi connectivity index (χ2v) is 5.90. The Kier molecular flexibility index (Phi) is 4.95. The van der Waals surface area contributed by atoms with E-state index in [2.05, 4.69) is 12.2 Å². The molecule has 1 aliphatic carbocycles. The lowest BCUT2D eigenvalue weighted by atomic mass is 9.81. The lowest BCUT2D eigenvalue weighted by Crippen LogP contribution is -2.17. The van der Waals surface area contributed by atoms with Gasteiger partial charge in [0.2, 0.25) is 0 Å². The predicted molar refractivity (Wildman–Crippen MR) is 75.7 cm³/mol. The van der Waals surface area contributed by atoms with Crippen molar-refractivity contribution in [1.29, 1.82) is 0 Å². The minimum absolute atomic E-state index is 0.198. The molecule has 2 rings (SSSR count). The first-order valence-electron chi connectivity index (χ1n) is 7.37. The number of alkyl halides is 3. The second-order valence-electron chi connectivity index (χ2n) is 5.90. The van der Waals surface area contributed by atoms with Crippen LogP contribution in [-0.4, -0.2) is 6.54 Å². The van der Waals surface area contributed by atoms with Crippen LogP contribution in [0.25, 0.3) is 0 Å². The van der Waals surface area contributed by atoms with Crippen LogP contribution in [-0.2, 0) is 6.18 Å². The molecule has 0 radical (unpaired) electrons. The van der Waals surface area contributed by atoms with E-state index in [9.17, 15) is 13.2 Å². The van der Waals surface area contributed by atoms with Crippen molar-refractivity contribution in [3.05, 3.63) is 29.8 Å². The maximum atomic E-state index is 12.8. The molecule has 2 atom stereocenters. The van der Waals surface area contributed by atoms with Crippen molar-refractivity contribution in [1.82, 2.24) is 0 Å². The Bertz CT molecular complexity index is 428. The van der Waals surface area contributed by atoms with Gasteiger partial charge in [-0.3, -0.25) is 0 Å². The molecule has 112 valence electrons. The number of hydrogen-bond donors (Lipinski definition) is 1. The van der Waals surface area contributed by atoms with E-state index in [1.54, 1.807) is 6.07 Å². The fourth-order valence-electron chi connectivity index (χ4n) is 3.12. The first kappa shape index (κ1) is 15.2. The number of para-hydroxylation sites is 1. The molecule has 4 heteroatoms. The normalized spacial score (nSPS) is 23.6. The van der Waals surface area contributed by atoms with Gasteiger partial charge in [-0.1, -0.05) is 38.3 Å². The molecule has 1 nitrogen and oxygen atoms in total. The molecule has 2 unspecified atom stereocenters. The monoisotopic (exact) mass is 285 g/mol. The summed E-state index contributed by atoms with van der Waals surface area (Å²) in [4.78, 5) is 0. The molecule has 0 bridgehead atoms. The quantitative estimate of drug-likeness (QED) is 0.788. The van der Waals surface area contributed by atoms with Gasteiger partial charge in [0.25, 0.3) is 0 Å². The van der Waals surface area contributed by atoms with Crippen LogP contribution < -0.4 is 5.32 Å². The minimum atomic E-state index is -4.29. The van der Waals surface area contributed by atoms with E-state index in [0.717, 1.165) is 18.4 Å². The zero-order valence-corrected chi connectivity index (χ0v) is 11.8. The summed E-state index contributed by atoms with van der Waals surface area (Å²) in [6, 6.07) is 5.70. The van der Waals surface area contributed by atoms with Crippen molar-refractivity contribution in [3.63, 3.8) is 0 Å². The van der Waals surface area contributed by atoms with Gasteiger partial charge in [0.05, 0.1) is 5.56 Å². The first-order chi connectivity index (χ1) is 9.47. The van der Waals surface area contributed by atoms with Crippen LogP contribution in [0.1, 0.15) is 44.6 Å². The third-order valence-corrected chi connectivity index (χ3v) is 4.15. The summed E-state index contributed by atoms with van der Waals surface area (Å²) in [5, 5.41) is 2.96. The van der Waals surface area contributed by atoms with Crippen LogP contribution >= 0.6 is 0 Å². The maximum absolute atomic E-state index is 12.8. The molecular formula is C16H22F3N. The molecule has 1 N–H and O–H groups in total. The molecule has 0 amide bonds. The lowest BCUT2D eigenvalue weighted by Gasteiger charge is -2.27. The highest BCUT2D eigenvalue weighted by molar-refractivity contribution is 5.52. The summed E-state index contributed by atoms with van der Waals surface area (Å²) < 4.78 is 38.5. The summed E-state index contributed by atoms with van der Waals surface area (Å²) in [6.07, 6.45) is 1.64. The predicted octanol–water partition coefficient (Wildman–Crippen LogP) is 5.33. The summed E-state index contributed by atoms with van der Waals surface area (Å²) >= 11 is 0. The molecule has 1 aliphatic rings. The molecule has 1 saturated carbocycles. The van der Waals surface area contributed by atoms with E-state index < -0.39 is 11.7 Å². The Morgan fingerprint density at radius 3 is 2.65 bits per heavy atom. The van der Waals surface area contributed by atoms with Gasteiger partial charge >= 0.3 is 6.18 Å². The van der Waals surface area contributed by atoms with Gasteiger partial charge in [-0.15, -0.1) is 0 Å². The van der Waals surface area contributed by atoms with Crippen molar-refractivity contribution in [2.75, 3.05) is 11.9 Å². The number of nitrogens with one attached hydrogen (secondary N) is 1. The number of anilines is 1. The van der Waals surface area contributed by atoms with Crippen molar-refractivity contribution in [3.8, 4) is 0 Å². The molecule has 0 spiro atoms. The largest absolute Gasteiger partial charge is 0.418 e. The molecule has 1 fully saturated rings. The second kappa shape index (κ2) is 6.51. The Labute approximate surface area is 118 Å². The third kappa shape index (κ3) is 4.15. The van der Waals surface area contributed by atoms with Crippen molar-refractivity contribution in [2.45, 2.75) is 45.2 Å². The van der Waals surface area contributed by atoms with Crippen molar-refractivity contribution in [2.24, 2.45) is 11.8 Å². The zero-order chi connectivity index (χ0) is 14.6. The molecule has 0 aromatic heterocycles. The minimum Gasteiger partial charge on any atom is -0.385 e. The van der Waals surface area contributed by atoms with E-state index in [1.807, 2.05) is 0 Å². The maximum Gasteiger partial charge on any atom is 0.418 e. The van der Waals surface area contributed by atoms with E-state index >= 15 is 0 Å². The zero-order valence-electron chi connectivity index (χ0n) is 11.8. The smallest absolute Gasteiger partial charge is 0.385 e. The van der Waals surface area contributed by atoms with Crippen molar-refractivity contribution < 1.29 is 13.2 Å². The van der Waals surface area contributed by atoms with Gasteiger partial charge in [-0.25, -0.2) is 0 Å². The van der Waals surface area contributed by atoms with Gasteiger partial charge in [0.1, 0.15) is 0 Å². The Morgan fingerprint density at radius 1 is 1.20 bits per heavy atom. The highest BCUT2D eigenvalue weighted by atomic mass is 19.4. The van der Waals surface area contributed by atoms with Crippen LogP contribution in [0, 0.1) is 11.8 Å². The van der Waals surface area contributed by atoms with E-state index in [-0.39, 0.29) is 5.69 Å². The summed E-state index contributed by atoms with van der Waals surface area (Å²) in [5.74, 6) is 1.42. The summed E-state index contributed by atoms with van der Waals surface area (Å²) in [7, 11) is 0. The lowest BCUT2D eigenvalue weighted by molar-refractivity contribution is -0.136. The molecule has 0 heterocycles. The van der Waals surface area contributed by atoms with Gasteiger partial charge in [0, 0.05) is 12.2 Å². The van der Waals surface area contributed by atoms with Crippen LogP contribution in [0.15, 0.2) is 24.3 Å². The number of benzene rings is 1. The number of hydrogen-bond acceptors (Lipinski definition) is 1. The summed E-state index contributed by atoms with van der Waals surface area (Å²) in [5.41, 5.74) is -0.374. The summed E-state index contributed by atoms with van der Waals surface area (Å²) in [6.45, 7) is 2.88. The van der Waals surface area contributed by atoms with Crippen LogP contribution in [0.2, 0.25) is 0 Å². The fraction of sp³-hybridized carbons (Fsp3) is 0.625. The Balaban J connectivity index is 1.88. The van der Waals surface area contributed by atoms with Gasteiger partial charge in [-0.05, 0) is 36.8 Å². The van der Waals surface area contributed by atoms with Crippen molar-refractivity contribution >= 4 is 5.69 Å². The van der Waals surface area contributed by atoms with Gasteiger partial charge in [0.15, 0.2) is 0 Å². The fourth-order valence-corrected chi connectivity index (χ4v) is 3.12. The average Bonchev–Trinajstić information content (AvgIpc) is 2.38. The molecular weight excluding hydrogens is 263 g/mol. The van der Waals surface area contributed by atoms with Crippen LogP contribution in [0.4, 0.5) is 18.9 Å². The number of rotatable bonds is 4. The molecule has 0 saturated heterocycles. The van der Waals surface area contributed by atoms with Crippen LogP contribution in [0.5, 0.6) is 0 Å². The number of halogens is 3. The first-order valence-corrected chi connectivity index (χ1v) is 7.37. The molecule has 1 aromatic carbocycles. The highest BCUT2D eigenvalue weighted by Gasteiger charge is 2.33. The Morgan fingerprint density at radius 2 is 1.95 bits per heavy atom. The van der Waals surface area contributed by atoms with Gasteiger partial charge in [-0.2, -0.15) is 13.2 Å². The average molecular weight is 285 g/mol. The Hall–Kier alpha value is -1.19. The molecule has 1 aromatic rings.